The molecule has 0 fully saturated rings. The third-order valence-corrected chi connectivity index (χ3v) is 4.30. The van der Waals surface area contributed by atoms with Gasteiger partial charge in [0.15, 0.2) is 0 Å². The summed E-state index contributed by atoms with van der Waals surface area (Å²) in [4.78, 5) is 35.2. The minimum atomic E-state index is -0.149. The zero-order valence-electron chi connectivity index (χ0n) is 22.0. The highest BCUT2D eigenvalue weighted by Crippen LogP contribution is 2.19. The fraction of sp³-hybridized carbons (Fsp3) is 0.885. The zero-order valence-corrected chi connectivity index (χ0v) is 22.0. The molecule has 0 bridgehead atoms. The summed E-state index contributed by atoms with van der Waals surface area (Å²) in [7, 11) is 1.84. The van der Waals surface area contributed by atoms with Crippen LogP contribution in [0.5, 0.6) is 0 Å². The molecule has 0 aliphatic rings. The second-order valence-corrected chi connectivity index (χ2v) is 10.7. The first-order valence-electron chi connectivity index (χ1n) is 11.2. The Morgan fingerprint density at radius 3 is 1.17 bits per heavy atom. The molecule has 4 nitrogen and oxygen atoms in total. The maximum Gasteiger partial charge on any atom is 0.225 e. The van der Waals surface area contributed by atoms with Crippen LogP contribution in [0.25, 0.3) is 0 Å². The molecular weight excluding hydrogens is 374 g/mol. The van der Waals surface area contributed by atoms with E-state index in [-0.39, 0.29) is 30.6 Å². The van der Waals surface area contributed by atoms with Crippen molar-refractivity contribution in [2.45, 2.75) is 116 Å². The van der Waals surface area contributed by atoms with Crippen LogP contribution in [0.2, 0.25) is 0 Å². The van der Waals surface area contributed by atoms with Crippen LogP contribution >= 0.6 is 0 Å². The lowest BCUT2D eigenvalue weighted by Crippen LogP contribution is -2.35. The van der Waals surface area contributed by atoms with Crippen LogP contribution in [0.15, 0.2) is 0 Å². The summed E-state index contributed by atoms with van der Waals surface area (Å²) in [5, 5.41) is 0. The number of carbonyl (C=O) groups is 3. The van der Waals surface area contributed by atoms with E-state index in [4.69, 9.17) is 0 Å². The molecule has 182 valence electrons. The summed E-state index contributed by atoms with van der Waals surface area (Å²) < 4.78 is 0. The van der Waals surface area contributed by atoms with Crippen LogP contribution in [-0.4, -0.2) is 35.5 Å². The third-order valence-electron chi connectivity index (χ3n) is 4.30. The zero-order chi connectivity index (χ0) is 24.1. The van der Waals surface area contributed by atoms with Gasteiger partial charge < -0.3 is 4.90 Å². The number of nitrogens with zero attached hydrogens (tertiary/aromatic N) is 1. The molecular formula is C26H55NO3. The van der Waals surface area contributed by atoms with Crippen molar-refractivity contribution in [2.24, 2.45) is 29.1 Å². The quantitative estimate of drug-likeness (QED) is 0.435. The minimum Gasteiger partial charge on any atom is -0.343 e. The van der Waals surface area contributed by atoms with Gasteiger partial charge in [-0.25, -0.2) is 0 Å². The number of rotatable bonds is 7. The number of ketones is 2. The van der Waals surface area contributed by atoms with Crippen LogP contribution < -0.4 is 0 Å². The van der Waals surface area contributed by atoms with Crippen LogP contribution in [0, 0.1) is 29.1 Å². The Labute approximate surface area is 189 Å². The highest BCUT2D eigenvalue weighted by atomic mass is 16.2. The van der Waals surface area contributed by atoms with Gasteiger partial charge in [0.25, 0.3) is 0 Å². The first-order chi connectivity index (χ1) is 12.8. The fourth-order valence-corrected chi connectivity index (χ4v) is 1.98. The first kappa shape index (κ1) is 36.2. The van der Waals surface area contributed by atoms with E-state index < -0.39 is 0 Å². The lowest BCUT2D eigenvalue weighted by atomic mass is 9.86. The highest BCUT2D eigenvalue weighted by molar-refractivity contribution is 5.83. The molecule has 0 aliphatic heterocycles. The Hall–Kier alpha value is -1.19. The maximum atomic E-state index is 11.3. The van der Waals surface area contributed by atoms with E-state index in [2.05, 4.69) is 27.7 Å². The normalized spacial score (nSPS) is 10.9. The standard InChI is InChI=1S/C9H18O.C8H17NO.C8H16O.CH4/c1-7(2)6-8(10)9(3,4)5;1-6(2)8(10)9(5)7(3)4;1-6(2)5-8(9)7(3)4;/h7H,6H2,1-5H3;6-7H,1-5H3;6-7H,5H2,1-4H3;1H4. The Morgan fingerprint density at radius 1 is 0.700 bits per heavy atom. The molecule has 0 spiro atoms. The van der Waals surface area contributed by atoms with E-state index in [9.17, 15) is 14.4 Å². The Bertz CT molecular complexity index is 467. The Balaban J connectivity index is -0.000000167. The number of amides is 1. The summed E-state index contributed by atoms with van der Waals surface area (Å²) >= 11 is 0. The molecule has 0 N–H and O–H groups in total. The number of hydrogen-bond donors (Lipinski definition) is 0. The van der Waals surface area contributed by atoms with Gasteiger partial charge in [-0.05, 0) is 25.7 Å². The van der Waals surface area contributed by atoms with Crippen molar-refractivity contribution in [2.75, 3.05) is 7.05 Å². The lowest BCUT2D eigenvalue weighted by molar-refractivity contribution is -0.134. The number of carbonyl (C=O) groups excluding carboxylic acids is 3. The minimum absolute atomic E-state index is 0. The van der Waals surface area contributed by atoms with Crippen LogP contribution in [-0.2, 0) is 14.4 Å². The average molecular weight is 430 g/mol. The topological polar surface area (TPSA) is 54.5 Å². The van der Waals surface area contributed by atoms with Gasteiger partial charge in [0.1, 0.15) is 11.6 Å². The summed E-state index contributed by atoms with van der Waals surface area (Å²) in [6, 6.07) is 0.315. The van der Waals surface area contributed by atoms with Gasteiger partial charge in [0, 0.05) is 43.2 Å². The average Bonchev–Trinajstić information content (AvgIpc) is 2.52. The second kappa shape index (κ2) is 17.5. The van der Waals surface area contributed by atoms with Crippen molar-refractivity contribution in [1.29, 1.82) is 0 Å². The maximum absolute atomic E-state index is 11.3. The van der Waals surface area contributed by atoms with E-state index in [1.165, 1.54) is 0 Å². The Kier molecular flexibility index (Phi) is 21.1. The van der Waals surface area contributed by atoms with Gasteiger partial charge in [0.05, 0.1) is 0 Å². The first-order valence-corrected chi connectivity index (χ1v) is 11.2. The van der Waals surface area contributed by atoms with Crippen molar-refractivity contribution in [3.05, 3.63) is 0 Å². The summed E-state index contributed by atoms with van der Waals surface area (Å²) in [6.45, 7) is 26.0. The lowest BCUT2D eigenvalue weighted by Gasteiger charge is -2.23. The van der Waals surface area contributed by atoms with E-state index >= 15 is 0 Å². The third kappa shape index (κ3) is 21.5. The molecule has 0 rings (SSSR count). The van der Waals surface area contributed by atoms with Crippen LogP contribution in [0.4, 0.5) is 0 Å². The van der Waals surface area contributed by atoms with Crippen molar-refractivity contribution < 1.29 is 14.4 Å². The van der Waals surface area contributed by atoms with Crippen molar-refractivity contribution in [3.8, 4) is 0 Å². The monoisotopic (exact) mass is 429 g/mol. The molecule has 0 aromatic heterocycles. The number of Topliss-reactive ketones (excluding diaryl/α,β-unsaturated/α-hetero) is 2. The molecule has 0 aliphatic carbocycles. The molecule has 0 aromatic rings. The van der Waals surface area contributed by atoms with Crippen LogP contribution in [0.3, 0.4) is 0 Å². The van der Waals surface area contributed by atoms with E-state index in [1.54, 1.807) is 4.90 Å². The molecule has 0 aromatic carbocycles. The molecule has 0 radical (unpaired) electrons. The summed E-state index contributed by atoms with van der Waals surface area (Å²) in [5.41, 5.74) is -0.149. The van der Waals surface area contributed by atoms with Crippen molar-refractivity contribution >= 4 is 17.5 Å². The van der Waals surface area contributed by atoms with Gasteiger partial charge in [0.2, 0.25) is 5.91 Å². The van der Waals surface area contributed by atoms with Crippen LogP contribution in [0.1, 0.15) is 110 Å². The number of hydrogen-bond acceptors (Lipinski definition) is 3. The molecule has 0 unspecified atom stereocenters. The predicted octanol–water partition coefficient (Wildman–Crippen LogP) is 7.05. The predicted molar refractivity (Wildman–Crippen MR) is 133 cm³/mol. The summed E-state index contributed by atoms with van der Waals surface area (Å²) in [5.74, 6) is 2.30. The van der Waals surface area contributed by atoms with E-state index in [0.717, 1.165) is 6.42 Å². The van der Waals surface area contributed by atoms with Gasteiger partial charge in [-0.2, -0.15) is 0 Å². The van der Waals surface area contributed by atoms with E-state index in [1.807, 2.05) is 69.4 Å². The van der Waals surface area contributed by atoms with Gasteiger partial charge >= 0.3 is 0 Å². The SMILES string of the molecule is C.CC(C)C(=O)N(C)C(C)C.CC(C)CC(=O)C(C)(C)C.CC(C)CC(=O)C(C)C. The van der Waals surface area contributed by atoms with Gasteiger partial charge in [-0.1, -0.05) is 83.6 Å². The summed E-state index contributed by atoms with van der Waals surface area (Å²) in [6.07, 6.45) is 1.45. The molecule has 4 heteroatoms. The second-order valence-electron chi connectivity index (χ2n) is 10.7. The van der Waals surface area contributed by atoms with Crippen molar-refractivity contribution in [1.82, 2.24) is 4.90 Å². The molecule has 0 saturated heterocycles. The van der Waals surface area contributed by atoms with E-state index in [0.29, 0.717) is 35.9 Å². The Morgan fingerprint density at radius 2 is 1.07 bits per heavy atom. The molecule has 0 saturated carbocycles. The highest BCUT2D eigenvalue weighted by Gasteiger charge is 2.21. The van der Waals surface area contributed by atoms with Gasteiger partial charge in [-0.3, -0.25) is 14.4 Å². The molecule has 1 amide bonds. The van der Waals surface area contributed by atoms with Crippen molar-refractivity contribution in [3.63, 3.8) is 0 Å². The molecule has 0 atom stereocenters. The fourth-order valence-electron chi connectivity index (χ4n) is 1.98. The largest absolute Gasteiger partial charge is 0.343 e. The molecule has 30 heavy (non-hydrogen) atoms. The molecule has 0 heterocycles. The smallest absolute Gasteiger partial charge is 0.225 e. The van der Waals surface area contributed by atoms with Gasteiger partial charge in [-0.15, -0.1) is 0 Å².